The normalized spacial score (nSPS) is 13.7. The number of methoxy groups -OCH3 is 2. The van der Waals surface area contributed by atoms with E-state index in [1.54, 1.807) is 18.2 Å². The van der Waals surface area contributed by atoms with Gasteiger partial charge < -0.3 is 24.3 Å². The minimum absolute atomic E-state index is 0.0199. The van der Waals surface area contributed by atoms with Crippen LogP contribution in [0.1, 0.15) is 30.7 Å². The molecule has 3 heterocycles. The first-order chi connectivity index (χ1) is 16.2. The summed E-state index contributed by atoms with van der Waals surface area (Å²) >= 11 is 5.83. The summed E-state index contributed by atoms with van der Waals surface area (Å²) in [6, 6.07) is 4.06. The van der Waals surface area contributed by atoms with Gasteiger partial charge in [-0.2, -0.15) is 0 Å². The topological polar surface area (TPSA) is 162 Å². The predicted octanol–water partition coefficient (Wildman–Crippen LogP) is 1.01. The van der Waals surface area contributed by atoms with E-state index in [1.165, 1.54) is 38.1 Å². The van der Waals surface area contributed by atoms with E-state index >= 15 is 0 Å². The lowest BCUT2D eigenvalue weighted by Gasteiger charge is -2.22. The van der Waals surface area contributed by atoms with Crippen molar-refractivity contribution < 1.29 is 28.1 Å². The number of pyridine rings is 1. The van der Waals surface area contributed by atoms with Crippen LogP contribution in [0.3, 0.4) is 0 Å². The molecule has 0 aliphatic heterocycles. The van der Waals surface area contributed by atoms with Crippen LogP contribution in [0.2, 0.25) is 5.02 Å². The highest BCUT2D eigenvalue weighted by Gasteiger charge is 2.35. The number of aliphatic hydroxyl groups excluding tert-OH is 2. The average Bonchev–Trinajstić information content (AvgIpc) is 3.24. The molecular weight excluding hydrogens is 488 g/mol. The van der Waals surface area contributed by atoms with E-state index in [4.69, 9.17) is 21.1 Å². The van der Waals surface area contributed by atoms with Crippen LogP contribution < -0.4 is 4.74 Å². The number of halogens is 1. The van der Waals surface area contributed by atoms with Crippen LogP contribution in [-0.2, 0) is 20.3 Å². The molecule has 12 nitrogen and oxygen atoms in total. The number of ether oxygens (including phenoxy) is 2. The SMILES string of the molecule is COc1cccc(-c2nnc(CS(=O)(=O)[C@@H](C)[C@H](OC)c3ncc(Cl)cn3)n2C(CO)CO)n1. The zero-order chi connectivity index (χ0) is 24.9. The van der Waals surface area contributed by atoms with Gasteiger partial charge in [-0.25, -0.2) is 23.4 Å². The predicted molar refractivity (Wildman–Crippen MR) is 122 cm³/mol. The maximum Gasteiger partial charge on any atom is 0.213 e. The summed E-state index contributed by atoms with van der Waals surface area (Å²) in [6.07, 6.45) is 1.74. The Bertz CT molecular complexity index is 1200. The Hall–Kier alpha value is -2.71. The van der Waals surface area contributed by atoms with Gasteiger partial charge in [0.2, 0.25) is 5.88 Å². The molecule has 0 fully saturated rings. The van der Waals surface area contributed by atoms with Crippen LogP contribution in [-0.4, -0.2) is 81.0 Å². The molecule has 3 rings (SSSR count). The highest BCUT2D eigenvalue weighted by Crippen LogP contribution is 2.28. The van der Waals surface area contributed by atoms with Crippen molar-refractivity contribution in [1.29, 1.82) is 0 Å². The number of sulfone groups is 1. The summed E-state index contributed by atoms with van der Waals surface area (Å²) in [4.78, 5) is 12.4. The molecule has 3 aromatic heterocycles. The third-order valence-electron chi connectivity index (χ3n) is 5.19. The number of hydrogen-bond donors (Lipinski definition) is 2. The minimum Gasteiger partial charge on any atom is -0.481 e. The average molecular weight is 513 g/mol. The van der Waals surface area contributed by atoms with Gasteiger partial charge in [0.1, 0.15) is 23.4 Å². The van der Waals surface area contributed by atoms with E-state index in [-0.39, 0.29) is 17.5 Å². The van der Waals surface area contributed by atoms with Crippen molar-refractivity contribution in [3.63, 3.8) is 0 Å². The molecule has 0 spiro atoms. The van der Waals surface area contributed by atoms with Crippen LogP contribution >= 0.6 is 11.6 Å². The molecular formula is C20H25ClN6O6S. The Morgan fingerprint density at radius 1 is 1.12 bits per heavy atom. The molecule has 0 aliphatic rings. The molecule has 0 unspecified atom stereocenters. The smallest absolute Gasteiger partial charge is 0.213 e. The van der Waals surface area contributed by atoms with Gasteiger partial charge in [-0.1, -0.05) is 17.7 Å². The maximum absolute atomic E-state index is 13.3. The number of hydrogen-bond acceptors (Lipinski definition) is 11. The fourth-order valence-corrected chi connectivity index (χ4v) is 4.86. The Morgan fingerprint density at radius 3 is 2.38 bits per heavy atom. The van der Waals surface area contributed by atoms with Crippen molar-refractivity contribution >= 4 is 21.4 Å². The molecule has 0 bridgehead atoms. The van der Waals surface area contributed by atoms with Gasteiger partial charge in [0, 0.05) is 25.6 Å². The van der Waals surface area contributed by atoms with Gasteiger partial charge in [-0.15, -0.1) is 10.2 Å². The molecule has 0 aromatic carbocycles. The Labute approximate surface area is 201 Å². The van der Waals surface area contributed by atoms with Crippen LogP contribution in [0, 0.1) is 0 Å². The number of rotatable bonds is 11. The fraction of sp³-hybridized carbons (Fsp3) is 0.450. The molecule has 0 radical (unpaired) electrons. The molecule has 3 aromatic rings. The summed E-state index contributed by atoms with van der Waals surface area (Å²) in [5, 5.41) is 27.0. The second-order valence-corrected chi connectivity index (χ2v) is 10.1. The van der Waals surface area contributed by atoms with Crippen molar-refractivity contribution in [3.8, 4) is 17.4 Å². The summed E-state index contributed by atoms with van der Waals surface area (Å²) in [5.74, 6) is 0.120. The van der Waals surface area contributed by atoms with E-state index in [9.17, 15) is 18.6 Å². The lowest BCUT2D eigenvalue weighted by Crippen LogP contribution is -2.31. The molecule has 0 saturated carbocycles. The highest BCUT2D eigenvalue weighted by molar-refractivity contribution is 7.91. The Morgan fingerprint density at radius 2 is 1.79 bits per heavy atom. The van der Waals surface area contributed by atoms with Crippen molar-refractivity contribution in [2.75, 3.05) is 27.4 Å². The highest BCUT2D eigenvalue weighted by atomic mass is 35.5. The van der Waals surface area contributed by atoms with Crippen molar-refractivity contribution in [3.05, 3.63) is 47.3 Å². The first-order valence-corrected chi connectivity index (χ1v) is 12.2. The van der Waals surface area contributed by atoms with Crippen LogP contribution in [0.5, 0.6) is 5.88 Å². The van der Waals surface area contributed by atoms with E-state index in [0.717, 1.165) is 0 Å². The molecule has 0 aliphatic carbocycles. The van der Waals surface area contributed by atoms with Crippen molar-refractivity contribution in [1.82, 2.24) is 29.7 Å². The molecule has 2 N–H and O–H groups in total. The molecule has 34 heavy (non-hydrogen) atoms. The second kappa shape index (κ2) is 11.1. The first kappa shape index (κ1) is 25.9. The summed E-state index contributed by atoms with van der Waals surface area (Å²) < 4.78 is 38.6. The van der Waals surface area contributed by atoms with Gasteiger partial charge >= 0.3 is 0 Å². The lowest BCUT2D eigenvalue weighted by atomic mass is 10.2. The van der Waals surface area contributed by atoms with E-state index in [0.29, 0.717) is 16.6 Å². The maximum atomic E-state index is 13.3. The zero-order valence-electron chi connectivity index (χ0n) is 18.7. The quantitative estimate of drug-likeness (QED) is 0.377. The largest absolute Gasteiger partial charge is 0.481 e. The van der Waals surface area contributed by atoms with Gasteiger partial charge in [0.25, 0.3) is 0 Å². The molecule has 184 valence electrons. The fourth-order valence-electron chi connectivity index (χ4n) is 3.33. The summed E-state index contributed by atoms with van der Waals surface area (Å²) in [7, 11) is -1.09. The number of nitrogens with zero attached hydrogens (tertiary/aromatic N) is 6. The Balaban J connectivity index is 2.00. The third kappa shape index (κ3) is 5.50. The minimum atomic E-state index is -3.91. The van der Waals surface area contributed by atoms with Crippen molar-refractivity contribution in [2.24, 2.45) is 0 Å². The number of aliphatic hydroxyl groups is 2. The number of aromatic nitrogens is 6. The summed E-state index contributed by atoms with van der Waals surface area (Å²) in [5.41, 5.74) is 0.333. The van der Waals surface area contributed by atoms with Gasteiger partial charge in [-0.05, 0) is 13.0 Å². The van der Waals surface area contributed by atoms with E-state index in [2.05, 4.69) is 25.1 Å². The van der Waals surface area contributed by atoms with Gasteiger partial charge in [0.05, 0.1) is 36.6 Å². The molecule has 0 saturated heterocycles. The molecule has 0 amide bonds. The third-order valence-corrected chi connectivity index (χ3v) is 7.42. The monoisotopic (exact) mass is 512 g/mol. The van der Waals surface area contributed by atoms with Crippen LogP contribution in [0.25, 0.3) is 11.5 Å². The van der Waals surface area contributed by atoms with Crippen LogP contribution in [0.15, 0.2) is 30.6 Å². The van der Waals surface area contributed by atoms with Crippen LogP contribution in [0.4, 0.5) is 0 Å². The second-order valence-electron chi connectivity index (χ2n) is 7.32. The zero-order valence-corrected chi connectivity index (χ0v) is 20.3. The van der Waals surface area contributed by atoms with Gasteiger partial charge in [0.15, 0.2) is 21.5 Å². The van der Waals surface area contributed by atoms with E-state index in [1.807, 2.05) is 0 Å². The Kier molecular flexibility index (Phi) is 8.49. The first-order valence-electron chi connectivity index (χ1n) is 10.1. The summed E-state index contributed by atoms with van der Waals surface area (Å²) in [6.45, 7) is 0.517. The van der Waals surface area contributed by atoms with Crippen molar-refractivity contribution in [2.45, 2.75) is 30.1 Å². The standard InChI is InChI=1S/C20H25ClN6O6S/c1-12(18(33-3)19-22-7-13(21)8-23-19)34(30,31)11-16-25-26-20(27(16)14(9-28)10-29)15-5-4-6-17(24-15)32-2/h4-8,12,14,18,28-29H,9-11H2,1-3H3/t12-,18-/m0/s1. The lowest BCUT2D eigenvalue weighted by molar-refractivity contribution is 0.0947. The van der Waals surface area contributed by atoms with E-state index < -0.39 is 46.2 Å². The van der Waals surface area contributed by atoms with Gasteiger partial charge in [-0.3, -0.25) is 0 Å². The molecule has 2 atom stereocenters. The molecule has 14 heteroatoms.